The molecule has 5 nitrogen and oxygen atoms in total. The fraction of sp³-hybridized carbons (Fsp3) is 0.650. The van der Waals surface area contributed by atoms with Crippen molar-refractivity contribution in [3.05, 3.63) is 28.8 Å². The molecule has 0 heterocycles. The van der Waals surface area contributed by atoms with E-state index < -0.39 is 10.0 Å². The monoisotopic (exact) mass is 410 g/mol. The van der Waals surface area contributed by atoms with Crippen LogP contribution in [0.25, 0.3) is 0 Å². The Labute approximate surface area is 166 Å². The highest BCUT2D eigenvalue weighted by Gasteiger charge is 2.51. The van der Waals surface area contributed by atoms with Gasteiger partial charge in [0.1, 0.15) is 6.54 Å². The number of rotatable bonds is 5. The van der Waals surface area contributed by atoms with Gasteiger partial charge in [0.25, 0.3) is 0 Å². The van der Waals surface area contributed by atoms with E-state index in [1.807, 2.05) is 0 Å². The minimum absolute atomic E-state index is 0.121. The summed E-state index contributed by atoms with van der Waals surface area (Å²) in [5, 5.41) is 3.80. The van der Waals surface area contributed by atoms with Crippen LogP contribution in [0, 0.1) is 24.7 Å². The molecule has 0 spiro atoms. The quantitative estimate of drug-likeness (QED) is 0.807. The minimum Gasteiger partial charge on any atom is -0.349 e. The number of carbonyl (C=O) groups is 1. The molecule has 0 aliphatic heterocycles. The van der Waals surface area contributed by atoms with Gasteiger partial charge in [-0.1, -0.05) is 11.6 Å². The number of nitrogens with zero attached hydrogens (tertiary/aromatic N) is 1. The second-order valence-corrected chi connectivity index (χ2v) is 11.3. The molecule has 4 fully saturated rings. The number of aryl methyl sites for hydroxylation is 1. The maximum atomic E-state index is 12.9. The number of sulfonamides is 1. The number of halogens is 1. The molecule has 5 rings (SSSR count). The van der Waals surface area contributed by atoms with Crippen molar-refractivity contribution in [2.75, 3.05) is 17.1 Å². The van der Waals surface area contributed by atoms with Crippen LogP contribution in [0.1, 0.15) is 44.1 Å². The van der Waals surface area contributed by atoms with Gasteiger partial charge in [-0.15, -0.1) is 0 Å². The van der Waals surface area contributed by atoms with E-state index in [-0.39, 0.29) is 18.0 Å². The summed E-state index contributed by atoms with van der Waals surface area (Å²) in [6.07, 6.45) is 8.17. The summed E-state index contributed by atoms with van der Waals surface area (Å²) >= 11 is 6.00. The SMILES string of the molecule is Cc1cc(Cl)ccc1N(CC(=O)NC12CC3CC(CC(C3)C1)C2)S(C)(=O)=O. The molecule has 0 aromatic heterocycles. The van der Waals surface area contributed by atoms with Crippen LogP contribution in [0.2, 0.25) is 5.02 Å². The summed E-state index contributed by atoms with van der Waals surface area (Å²) < 4.78 is 26.0. The van der Waals surface area contributed by atoms with Crippen LogP contribution in [-0.2, 0) is 14.8 Å². The summed E-state index contributed by atoms with van der Waals surface area (Å²) in [5.74, 6) is 1.96. The van der Waals surface area contributed by atoms with Crippen molar-refractivity contribution in [1.29, 1.82) is 0 Å². The van der Waals surface area contributed by atoms with Gasteiger partial charge in [0, 0.05) is 10.6 Å². The first-order chi connectivity index (χ1) is 12.6. The molecule has 0 saturated heterocycles. The Balaban J connectivity index is 1.53. The highest BCUT2D eigenvalue weighted by Crippen LogP contribution is 2.55. The first-order valence-corrected chi connectivity index (χ1v) is 11.9. The van der Waals surface area contributed by atoms with E-state index >= 15 is 0 Å². The third kappa shape index (κ3) is 3.83. The van der Waals surface area contributed by atoms with E-state index in [0.29, 0.717) is 10.7 Å². The van der Waals surface area contributed by atoms with Gasteiger partial charge in [0.05, 0.1) is 11.9 Å². The number of nitrogens with one attached hydrogen (secondary N) is 1. The topological polar surface area (TPSA) is 66.5 Å². The van der Waals surface area contributed by atoms with Gasteiger partial charge in [-0.3, -0.25) is 9.10 Å². The van der Waals surface area contributed by atoms with Crippen molar-refractivity contribution in [2.45, 2.75) is 51.0 Å². The Bertz CT molecular complexity index is 833. The number of benzene rings is 1. The zero-order valence-corrected chi connectivity index (χ0v) is 17.4. The van der Waals surface area contributed by atoms with Crippen molar-refractivity contribution in [2.24, 2.45) is 17.8 Å². The molecule has 0 unspecified atom stereocenters. The summed E-state index contributed by atoms with van der Waals surface area (Å²) in [5.41, 5.74) is 1.11. The second-order valence-electron chi connectivity index (χ2n) is 8.95. The summed E-state index contributed by atoms with van der Waals surface area (Å²) in [4.78, 5) is 12.9. The Kier molecular flexibility index (Phi) is 4.70. The van der Waals surface area contributed by atoms with E-state index in [0.717, 1.165) is 48.8 Å². The Morgan fingerprint density at radius 1 is 1.19 bits per heavy atom. The van der Waals surface area contributed by atoms with Crippen LogP contribution in [0.15, 0.2) is 18.2 Å². The first-order valence-electron chi connectivity index (χ1n) is 9.68. The Morgan fingerprint density at radius 3 is 2.22 bits per heavy atom. The first kappa shape index (κ1) is 19.1. The van der Waals surface area contributed by atoms with E-state index in [1.165, 1.54) is 23.6 Å². The smallest absolute Gasteiger partial charge is 0.241 e. The largest absolute Gasteiger partial charge is 0.349 e. The average Bonchev–Trinajstić information content (AvgIpc) is 2.50. The lowest BCUT2D eigenvalue weighted by Crippen LogP contribution is -2.61. The molecule has 4 aliphatic rings. The molecule has 7 heteroatoms. The normalized spacial score (nSPS) is 31.7. The van der Waals surface area contributed by atoms with Crippen LogP contribution < -0.4 is 9.62 Å². The number of anilines is 1. The lowest BCUT2D eigenvalue weighted by atomic mass is 9.53. The van der Waals surface area contributed by atoms with Gasteiger partial charge in [0.2, 0.25) is 15.9 Å². The number of carbonyl (C=O) groups excluding carboxylic acids is 1. The molecule has 27 heavy (non-hydrogen) atoms. The fourth-order valence-electron chi connectivity index (χ4n) is 6.01. The summed E-state index contributed by atoms with van der Waals surface area (Å²) in [7, 11) is -3.59. The minimum atomic E-state index is -3.59. The van der Waals surface area contributed by atoms with Crippen LogP contribution in [0.5, 0.6) is 0 Å². The molecule has 4 saturated carbocycles. The van der Waals surface area contributed by atoms with Crippen molar-refractivity contribution >= 4 is 33.2 Å². The van der Waals surface area contributed by atoms with Crippen LogP contribution >= 0.6 is 11.6 Å². The Hall–Kier alpha value is -1.27. The van der Waals surface area contributed by atoms with Gasteiger partial charge in [-0.25, -0.2) is 8.42 Å². The second kappa shape index (κ2) is 6.66. The average molecular weight is 411 g/mol. The van der Waals surface area contributed by atoms with Gasteiger partial charge >= 0.3 is 0 Å². The fourth-order valence-corrected chi connectivity index (χ4v) is 7.15. The molecule has 0 atom stereocenters. The van der Waals surface area contributed by atoms with Crippen molar-refractivity contribution < 1.29 is 13.2 Å². The van der Waals surface area contributed by atoms with E-state index in [1.54, 1.807) is 25.1 Å². The van der Waals surface area contributed by atoms with Crippen molar-refractivity contribution in [1.82, 2.24) is 5.32 Å². The number of amides is 1. The lowest BCUT2D eigenvalue weighted by molar-refractivity contribution is -0.125. The number of hydrogen-bond donors (Lipinski definition) is 1. The third-order valence-corrected chi connectivity index (χ3v) is 7.92. The van der Waals surface area contributed by atoms with Gasteiger partial charge < -0.3 is 5.32 Å². The predicted octanol–water partition coefficient (Wildman–Crippen LogP) is 3.50. The summed E-state index contributed by atoms with van der Waals surface area (Å²) in [6.45, 7) is 1.61. The van der Waals surface area contributed by atoms with Crippen molar-refractivity contribution in [3.63, 3.8) is 0 Å². The zero-order chi connectivity index (χ0) is 19.4. The van der Waals surface area contributed by atoms with E-state index in [9.17, 15) is 13.2 Å². The molecule has 1 aromatic rings. The summed E-state index contributed by atoms with van der Waals surface area (Å²) in [6, 6.07) is 5.03. The standard InChI is InChI=1S/C20H27ClN2O3S/c1-13-5-17(21)3-4-18(13)23(27(2,25)26)12-19(24)22-20-9-14-6-15(10-20)8-16(7-14)11-20/h3-5,14-16H,6-12H2,1-2H3,(H,22,24). The molecule has 0 radical (unpaired) electrons. The van der Waals surface area contributed by atoms with Gasteiger partial charge in [0.15, 0.2) is 0 Å². The van der Waals surface area contributed by atoms with E-state index in [4.69, 9.17) is 11.6 Å². The zero-order valence-electron chi connectivity index (χ0n) is 15.9. The van der Waals surface area contributed by atoms with E-state index in [2.05, 4.69) is 5.32 Å². The predicted molar refractivity (Wildman–Crippen MR) is 107 cm³/mol. The van der Waals surface area contributed by atoms with Crippen molar-refractivity contribution in [3.8, 4) is 0 Å². The third-order valence-electron chi connectivity index (χ3n) is 6.56. The molecule has 148 valence electrons. The van der Waals surface area contributed by atoms with Crippen LogP contribution in [-0.4, -0.2) is 32.7 Å². The van der Waals surface area contributed by atoms with Gasteiger partial charge in [-0.05, 0) is 87.0 Å². The molecular weight excluding hydrogens is 384 g/mol. The van der Waals surface area contributed by atoms with Gasteiger partial charge in [-0.2, -0.15) is 0 Å². The van der Waals surface area contributed by atoms with Crippen LogP contribution in [0.3, 0.4) is 0 Å². The molecule has 4 bridgehead atoms. The highest BCUT2D eigenvalue weighted by molar-refractivity contribution is 7.92. The number of hydrogen-bond acceptors (Lipinski definition) is 3. The maximum absolute atomic E-state index is 12.9. The Morgan fingerprint density at radius 2 is 1.74 bits per heavy atom. The highest BCUT2D eigenvalue weighted by atomic mass is 35.5. The maximum Gasteiger partial charge on any atom is 0.241 e. The molecule has 1 aromatic carbocycles. The van der Waals surface area contributed by atoms with Crippen LogP contribution in [0.4, 0.5) is 5.69 Å². The lowest BCUT2D eigenvalue weighted by Gasteiger charge is -2.57. The molecule has 1 N–H and O–H groups in total. The molecule has 4 aliphatic carbocycles. The molecular formula is C20H27ClN2O3S. The molecule has 1 amide bonds.